The lowest BCUT2D eigenvalue weighted by Crippen LogP contribution is -2.48. The Balaban J connectivity index is 1.83. The minimum atomic E-state index is -0.0684. The van der Waals surface area contributed by atoms with Gasteiger partial charge in [0.1, 0.15) is 0 Å². The van der Waals surface area contributed by atoms with Crippen LogP contribution in [0.4, 0.5) is 0 Å². The lowest BCUT2D eigenvalue weighted by Gasteiger charge is -2.32. The van der Waals surface area contributed by atoms with Crippen molar-refractivity contribution < 1.29 is 4.79 Å². The van der Waals surface area contributed by atoms with Crippen molar-refractivity contribution >= 4 is 28.8 Å². The van der Waals surface area contributed by atoms with Gasteiger partial charge in [0.05, 0.1) is 0 Å². The Morgan fingerprint density at radius 2 is 1.76 bits per heavy atom. The Hall–Kier alpha value is -0.810. The number of nitrogens with zero attached hydrogens (tertiary/aromatic N) is 3. The Kier molecular flexibility index (Phi) is 6.30. The predicted molar refractivity (Wildman–Crippen MR) is 91.0 cm³/mol. The van der Waals surface area contributed by atoms with E-state index in [1.54, 1.807) is 0 Å². The molecule has 4 nitrogen and oxygen atoms in total. The number of aliphatic imine (C=N–C) groups is 1. The van der Waals surface area contributed by atoms with E-state index in [1.165, 1.54) is 32.1 Å². The van der Waals surface area contributed by atoms with E-state index in [9.17, 15) is 4.79 Å². The lowest BCUT2D eigenvalue weighted by molar-refractivity contribution is -0.125. The van der Waals surface area contributed by atoms with Gasteiger partial charge < -0.3 is 9.80 Å². The zero-order valence-corrected chi connectivity index (χ0v) is 14.1. The number of thiocarbonyl (C=S) groups is 1. The van der Waals surface area contributed by atoms with Crippen molar-refractivity contribution in [2.75, 3.05) is 33.2 Å². The van der Waals surface area contributed by atoms with Gasteiger partial charge in [0, 0.05) is 31.9 Å². The number of rotatable bonds is 2. The summed E-state index contributed by atoms with van der Waals surface area (Å²) in [7, 11) is 2.08. The van der Waals surface area contributed by atoms with Gasteiger partial charge in [-0.05, 0) is 26.3 Å². The van der Waals surface area contributed by atoms with E-state index in [-0.39, 0.29) is 10.9 Å². The highest BCUT2D eigenvalue weighted by atomic mass is 32.1. The average molecular weight is 309 g/mol. The summed E-state index contributed by atoms with van der Waals surface area (Å²) < 4.78 is 0. The summed E-state index contributed by atoms with van der Waals surface area (Å²) in [4.78, 5) is 21.0. The van der Waals surface area contributed by atoms with Crippen LogP contribution in [0.1, 0.15) is 45.4 Å². The average Bonchev–Trinajstić information content (AvgIpc) is 2.48. The molecule has 1 saturated heterocycles. The number of carbonyl (C=O) groups excluding carboxylic acids is 1. The number of hydrogen-bond donors (Lipinski definition) is 0. The highest BCUT2D eigenvalue weighted by Gasteiger charge is 2.22. The van der Waals surface area contributed by atoms with E-state index in [0.717, 1.165) is 44.2 Å². The van der Waals surface area contributed by atoms with Gasteiger partial charge >= 0.3 is 0 Å². The van der Waals surface area contributed by atoms with Gasteiger partial charge in [0.2, 0.25) is 0 Å². The fraction of sp³-hybridized carbons (Fsp3) is 0.812. The van der Waals surface area contributed by atoms with E-state index in [0.29, 0.717) is 0 Å². The van der Waals surface area contributed by atoms with E-state index in [1.807, 2.05) is 11.8 Å². The van der Waals surface area contributed by atoms with E-state index in [2.05, 4.69) is 16.9 Å². The standard InChI is InChI=1S/C16H27N3OS/c1-13(12-14-6-4-3-5-7-14)17-15(21)16(20)19-10-8-18(2)9-11-19/h14H,3-12H2,1-2H3. The number of amides is 1. The molecule has 2 rings (SSSR count). The molecule has 0 spiro atoms. The maximum absolute atomic E-state index is 12.3. The van der Waals surface area contributed by atoms with Crippen LogP contribution in [-0.2, 0) is 4.79 Å². The molecule has 118 valence electrons. The summed E-state index contributed by atoms with van der Waals surface area (Å²) in [6.07, 6.45) is 7.63. The zero-order chi connectivity index (χ0) is 15.2. The summed E-state index contributed by atoms with van der Waals surface area (Å²) in [6, 6.07) is 0. The molecule has 0 aromatic carbocycles. The molecule has 0 aromatic heterocycles. The van der Waals surface area contributed by atoms with Crippen molar-refractivity contribution in [3.8, 4) is 0 Å². The number of likely N-dealkylation sites (N-methyl/N-ethyl adjacent to an activating group) is 1. The van der Waals surface area contributed by atoms with Crippen molar-refractivity contribution in [1.29, 1.82) is 0 Å². The normalized spacial score (nSPS) is 22.4. The lowest BCUT2D eigenvalue weighted by atomic mass is 9.86. The number of piperazine rings is 1. The molecule has 5 heteroatoms. The molecular weight excluding hydrogens is 282 g/mol. The van der Waals surface area contributed by atoms with Crippen LogP contribution in [0.15, 0.2) is 4.99 Å². The predicted octanol–water partition coefficient (Wildman–Crippen LogP) is 2.52. The maximum atomic E-state index is 12.3. The fourth-order valence-electron chi connectivity index (χ4n) is 3.22. The smallest absolute Gasteiger partial charge is 0.283 e. The molecule has 0 unspecified atom stereocenters. The third-order valence-electron chi connectivity index (χ3n) is 4.57. The molecule has 1 aliphatic heterocycles. The van der Waals surface area contributed by atoms with Crippen molar-refractivity contribution in [2.45, 2.75) is 45.4 Å². The third kappa shape index (κ3) is 5.15. The van der Waals surface area contributed by atoms with Crippen LogP contribution in [0.3, 0.4) is 0 Å². The molecule has 0 bridgehead atoms. The molecule has 1 saturated carbocycles. The minimum absolute atomic E-state index is 0.0684. The number of carbonyl (C=O) groups is 1. The second-order valence-corrected chi connectivity index (χ2v) is 6.84. The highest BCUT2D eigenvalue weighted by molar-refractivity contribution is 7.82. The molecule has 1 amide bonds. The Morgan fingerprint density at radius 3 is 2.38 bits per heavy atom. The first-order chi connectivity index (χ1) is 10.1. The van der Waals surface area contributed by atoms with Crippen LogP contribution in [0, 0.1) is 5.92 Å². The first-order valence-electron chi connectivity index (χ1n) is 8.12. The van der Waals surface area contributed by atoms with Crippen LogP contribution in [0.25, 0.3) is 0 Å². The molecule has 0 atom stereocenters. The molecule has 1 aliphatic carbocycles. The summed E-state index contributed by atoms with van der Waals surface area (Å²) in [5, 5.41) is 0. The number of hydrogen-bond acceptors (Lipinski definition) is 3. The van der Waals surface area contributed by atoms with Crippen molar-refractivity contribution in [1.82, 2.24) is 9.80 Å². The van der Waals surface area contributed by atoms with Gasteiger partial charge in [-0.15, -0.1) is 0 Å². The van der Waals surface area contributed by atoms with Gasteiger partial charge in [-0.2, -0.15) is 0 Å². The second kappa shape index (κ2) is 7.99. The maximum Gasteiger partial charge on any atom is 0.283 e. The first-order valence-corrected chi connectivity index (χ1v) is 8.53. The Morgan fingerprint density at radius 1 is 1.14 bits per heavy atom. The van der Waals surface area contributed by atoms with Crippen LogP contribution in [0.2, 0.25) is 0 Å². The van der Waals surface area contributed by atoms with Crippen molar-refractivity contribution in [3.05, 3.63) is 0 Å². The zero-order valence-electron chi connectivity index (χ0n) is 13.3. The molecular formula is C16H27N3OS. The monoisotopic (exact) mass is 309 g/mol. The quantitative estimate of drug-likeness (QED) is 0.581. The van der Waals surface area contributed by atoms with Gasteiger partial charge in [0.15, 0.2) is 4.99 Å². The molecule has 1 heterocycles. The third-order valence-corrected chi connectivity index (χ3v) is 4.84. The van der Waals surface area contributed by atoms with Crippen molar-refractivity contribution in [3.63, 3.8) is 0 Å². The van der Waals surface area contributed by atoms with Crippen LogP contribution >= 0.6 is 12.2 Å². The van der Waals surface area contributed by atoms with Crippen molar-refractivity contribution in [2.24, 2.45) is 10.9 Å². The summed E-state index contributed by atoms with van der Waals surface area (Å²) >= 11 is 5.24. The van der Waals surface area contributed by atoms with Crippen LogP contribution < -0.4 is 0 Å². The fourth-order valence-corrected chi connectivity index (χ4v) is 3.51. The molecule has 0 aromatic rings. The minimum Gasteiger partial charge on any atom is -0.334 e. The summed E-state index contributed by atoms with van der Waals surface area (Å²) in [5.74, 6) is 0.671. The van der Waals surface area contributed by atoms with Gasteiger partial charge in [-0.3, -0.25) is 4.79 Å². The molecule has 21 heavy (non-hydrogen) atoms. The van der Waals surface area contributed by atoms with Crippen LogP contribution in [0.5, 0.6) is 0 Å². The van der Waals surface area contributed by atoms with Gasteiger partial charge in [-0.25, -0.2) is 4.99 Å². The molecule has 2 fully saturated rings. The molecule has 0 radical (unpaired) electrons. The van der Waals surface area contributed by atoms with Crippen LogP contribution in [-0.4, -0.2) is 59.6 Å². The Labute approximate surface area is 133 Å². The van der Waals surface area contributed by atoms with E-state index < -0.39 is 0 Å². The van der Waals surface area contributed by atoms with Gasteiger partial charge in [0.25, 0.3) is 5.91 Å². The van der Waals surface area contributed by atoms with E-state index in [4.69, 9.17) is 12.2 Å². The Bertz CT molecular complexity index is 408. The largest absolute Gasteiger partial charge is 0.334 e. The van der Waals surface area contributed by atoms with Gasteiger partial charge in [-0.1, -0.05) is 44.3 Å². The SMILES string of the molecule is CC(CC1CCCCC1)=NC(=S)C(=O)N1CCN(C)CC1. The highest BCUT2D eigenvalue weighted by Crippen LogP contribution is 2.26. The summed E-state index contributed by atoms with van der Waals surface area (Å²) in [6.45, 7) is 5.36. The van der Waals surface area contributed by atoms with E-state index >= 15 is 0 Å². The summed E-state index contributed by atoms with van der Waals surface area (Å²) in [5.41, 5.74) is 1.02. The second-order valence-electron chi connectivity index (χ2n) is 6.46. The first kappa shape index (κ1) is 16.6. The molecule has 2 aliphatic rings. The topological polar surface area (TPSA) is 35.9 Å². The molecule has 0 N–H and O–H groups in total.